The number of pyridine rings is 1. The number of fused-ring (bicyclic) bond motifs is 3. The van der Waals surface area contributed by atoms with Crippen LogP contribution in [-0.2, 0) is 11.2 Å². The lowest BCUT2D eigenvalue weighted by atomic mass is 9.45. The monoisotopic (exact) mass is 451 g/mol. The van der Waals surface area contributed by atoms with Crippen LogP contribution < -0.4 is 11.1 Å². The number of nitrogens with zero attached hydrogens (tertiary/aromatic N) is 3. The van der Waals surface area contributed by atoms with Crippen LogP contribution in [0, 0.1) is 29.1 Å². The Kier molecular flexibility index (Phi) is 5.93. The van der Waals surface area contributed by atoms with Crippen molar-refractivity contribution >= 4 is 17.5 Å². The second-order valence-corrected chi connectivity index (χ2v) is 11.0. The molecule has 3 heterocycles. The molecule has 4 aliphatic rings. The van der Waals surface area contributed by atoms with Gasteiger partial charge in [0.15, 0.2) is 0 Å². The van der Waals surface area contributed by atoms with E-state index in [4.69, 9.17) is 5.73 Å². The summed E-state index contributed by atoms with van der Waals surface area (Å²) in [5.74, 6) is 2.69. The first-order valence-corrected chi connectivity index (χ1v) is 12.6. The third-order valence-corrected chi connectivity index (χ3v) is 8.93. The van der Waals surface area contributed by atoms with Gasteiger partial charge >= 0.3 is 0 Å². The van der Waals surface area contributed by atoms with Gasteiger partial charge in [0.1, 0.15) is 11.3 Å². The van der Waals surface area contributed by atoms with Crippen LogP contribution in [0.2, 0.25) is 0 Å². The predicted octanol–water partition coefficient (Wildman–Crippen LogP) is 2.88. The Morgan fingerprint density at radius 1 is 1.18 bits per heavy atom. The van der Waals surface area contributed by atoms with Gasteiger partial charge in [-0.15, -0.1) is 0 Å². The van der Waals surface area contributed by atoms with Crippen molar-refractivity contribution in [3.05, 3.63) is 35.8 Å². The first kappa shape index (κ1) is 22.4. The van der Waals surface area contributed by atoms with E-state index in [1.165, 1.54) is 19.3 Å². The number of nitrogens with one attached hydrogen (secondary N) is 1. The van der Waals surface area contributed by atoms with Crippen LogP contribution in [0.3, 0.4) is 0 Å². The van der Waals surface area contributed by atoms with Crippen molar-refractivity contribution < 1.29 is 9.59 Å². The fourth-order valence-electron chi connectivity index (χ4n) is 6.54. The highest BCUT2D eigenvalue weighted by atomic mass is 16.2. The van der Waals surface area contributed by atoms with Gasteiger partial charge in [-0.2, -0.15) is 0 Å². The molecule has 4 fully saturated rings. The molecule has 2 amide bonds. The van der Waals surface area contributed by atoms with Crippen LogP contribution in [0.1, 0.15) is 62.1 Å². The molecule has 0 aromatic carbocycles. The number of imidazole rings is 1. The molecule has 3 N–H and O–H groups in total. The molecule has 2 aromatic rings. The highest BCUT2D eigenvalue weighted by Crippen LogP contribution is 2.61. The number of carbonyl (C=O) groups is 2. The number of amides is 2. The Balaban J connectivity index is 1.23. The molecule has 0 spiro atoms. The number of carbonyl (C=O) groups excluding carboxylic acids is 2. The Bertz CT molecular complexity index is 1030. The Hall–Kier alpha value is -2.41. The molecule has 6 rings (SSSR count). The molecule has 0 unspecified atom stereocenters. The summed E-state index contributed by atoms with van der Waals surface area (Å²) in [6.45, 7) is 7.72. The maximum absolute atomic E-state index is 13.1. The van der Waals surface area contributed by atoms with E-state index in [1.807, 2.05) is 33.7 Å². The summed E-state index contributed by atoms with van der Waals surface area (Å²) in [7, 11) is 0. The molecule has 2 aromatic heterocycles. The van der Waals surface area contributed by atoms with E-state index < -0.39 is 0 Å². The number of likely N-dealkylation sites (tertiary alicyclic amines) is 1. The van der Waals surface area contributed by atoms with Crippen LogP contribution in [-0.4, -0.2) is 52.3 Å². The van der Waals surface area contributed by atoms with Crippen molar-refractivity contribution in [1.82, 2.24) is 19.6 Å². The molecular formula is C26H37N5O2. The van der Waals surface area contributed by atoms with E-state index in [0.29, 0.717) is 46.7 Å². The Morgan fingerprint density at radius 3 is 2.67 bits per heavy atom. The third kappa shape index (κ3) is 4.16. The van der Waals surface area contributed by atoms with Gasteiger partial charge in [0.2, 0.25) is 5.91 Å². The summed E-state index contributed by atoms with van der Waals surface area (Å²) in [6, 6.07) is 5.58. The minimum absolute atomic E-state index is 0.0704. The number of aromatic nitrogens is 2. The smallest absolute Gasteiger partial charge is 0.268 e. The van der Waals surface area contributed by atoms with E-state index in [-0.39, 0.29) is 18.2 Å². The van der Waals surface area contributed by atoms with Gasteiger partial charge in [-0.25, -0.2) is 4.98 Å². The second-order valence-electron chi connectivity index (χ2n) is 11.0. The fourth-order valence-corrected chi connectivity index (χ4v) is 6.54. The van der Waals surface area contributed by atoms with E-state index in [1.54, 1.807) is 0 Å². The highest BCUT2D eigenvalue weighted by molar-refractivity contribution is 5.93. The maximum atomic E-state index is 13.1. The summed E-state index contributed by atoms with van der Waals surface area (Å²) < 4.78 is 1.82. The maximum Gasteiger partial charge on any atom is 0.268 e. The van der Waals surface area contributed by atoms with Gasteiger partial charge in [-0.05, 0) is 79.9 Å². The average Bonchev–Trinajstić information content (AvgIpc) is 3.24. The molecule has 1 saturated heterocycles. The lowest BCUT2D eigenvalue weighted by Gasteiger charge is -2.60. The summed E-state index contributed by atoms with van der Waals surface area (Å²) in [4.78, 5) is 32.4. The summed E-state index contributed by atoms with van der Waals surface area (Å²) in [6.07, 6.45) is 7.84. The van der Waals surface area contributed by atoms with Gasteiger partial charge in [0.05, 0.1) is 12.1 Å². The summed E-state index contributed by atoms with van der Waals surface area (Å²) >= 11 is 0. The minimum atomic E-state index is -0.0704. The number of hydrogen-bond donors (Lipinski definition) is 2. The molecule has 33 heavy (non-hydrogen) atoms. The first-order chi connectivity index (χ1) is 15.9. The molecule has 7 heteroatoms. The van der Waals surface area contributed by atoms with E-state index in [2.05, 4.69) is 24.1 Å². The zero-order valence-electron chi connectivity index (χ0n) is 19.9. The fraction of sp³-hybridized carbons (Fsp3) is 0.654. The largest absolute Gasteiger partial charge is 0.350 e. The van der Waals surface area contributed by atoms with Gasteiger partial charge in [-0.1, -0.05) is 19.9 Å². The lowest BCUT2D eigenvalue weighted by Crippen LogP contribution is -2.54. The molecule has 3 atom stereocenters. The molecule has 178 valence electrons. The predicted molar refractivity (Wildman–Crippen MR) is 128 cm³/mol. The van der Waals surface area contributed by atoms with Crippen LogP contribution in [0.15, 0.2) is 24.4 Å². The minimum Gasteiger partial charge on any atom is -0.350 e. The number of rotatable bonds is 6. The first-order valence-electron chi connectivity index (χ1n) is 12.6. The normalized spacial score (nSPS) is 26.8. The Morgan fingerprint density at radius 2 is 1.97 bits per heavy atom. The standard InChI is InChI=1S/C26H37N5O2/c1-26(2)19-7-6-18(21(26)12-19)15-28-25(33)22-4-3-5-23-29-20(16-31(22)23)13-24(32)30-10-8-17(14-27)9-11-30/h3-5,16-19,21H,6-15,27H2,1-2H3,(H,28,33)/t18-,19+,21-/m0/s1. The van der Waals surface area contributed by atoms with E-state index in [0.717, 1.165) is 38.4 Å². The van der Waals surface area contributed by atoms with Gasteiger partial charge < -0.3 is 16.0 Å². The van der Waals surface area contributed by atoms with Crippen molar-refractivity contribution in [2.45, 2.75) is 52.4 Å². The highest BCUT2D eigenvalue weighted by Gasteiger charge is 2.53. The summed E-state index contributed by atoms with van der Waals surface area (Å²) in [5, 5.41) is 3.19. The molecule has 0 radical (unpaired) electrons. The average molecular weight is 452 g/mol. The van der Waals surface area contributed by atoms with Gasteiger partial charge in [-0.3, -0.25) is 14.0 Å². The third-order valence-electron chi connectivity index (χ3n) is 8.93. The molecular weight excluding hydrogens is 414 g/mol. The van der Waals surface area contributed by atoms with Crippen LogP contribution in [0.25, 0.3) is 5.65 Å². The van der Waals surface area contributed by atoms with Crippen molar-refractivity contribution in [2.75, 3.05) is 26.2 Å². The van der Waals surface area contributed by atoms with Gasteiger partial charge in [0.25, 0.3) is 5.91 Å². The molecule has 2 bridgehead atoms. The van der Waals surface area contributed by atoms with Crippen molar-refractivity contribution in [3.8, 4) is 0 Å². The van der Waals surface area contributed by atoms with E-state index in [9.17, 15) is 9.59 Å². The lowest BCUT2D eigenvalue weighted by molar-refractivity contribution is -0.131. The molecule has 7 nitrogen and oxygen atoms in total. The molecule has 1 aliphatic heterocycles. The SMILES string of the molecule is CC1(C)[C@@H]2CC[C@@H](CNC(=O)c3cccc4nc(CC(=O)N5CCC(CN)CC5)cn34)[C@@H]1C2. The van der Waals surface area contributed by atoms with Crippen LogP contribution in [0.4, 0.5) is 0 Å². The molecule has 3 saturated carbocycles. The van der Waals surface area contributed by atoms with Crippen LogP contribution in [0.5, 0.6) is 0 Å². The Labute approximate surface area is 196 Å². The van der Waals surface area contributed by atoms with Crippen molar-refractivity contribution in [3.63, 3.8) is 0 Å². The zero-order valence-corrected chi connectivity index (χ0v) is 19.9. The number of hydrogen-bond acceptors (Lipinski definition) is 4. The van der Waals surface area contributed by atoms with Gasteiger partial charge in [0, 0.05) is 25.8 Å². The van der Waals surface area contributed by atoms with Crippen LogP contribution >= 0.6 is 0 Å². The van der Waals surface area contributed by atoms with Crippen molar-refractivity contribution in [1.29, 1.82) is 0 Å². The summed E-state index contributed by atoms with van der Waals surface area (Å²) in [5.41, 5.74) is 8.16. The van der Waals surface area contributed by atoms with Crippen molar-refractivity contribution in [2.24, 2.45) is 34.8 Å². The topological polar surface area (TPSA) is 92.7 Å². The second kappa shape index (κ2) is 8.75. The zero-order chi connectivity index (χ0) is 23.2. The number of piperidine rings is 1. The molecule has 3 aliphatic carbocycles. The van der Waals surface area contributed by atoms with E-state index >= 15 is 0 Å². The quantitative estimate of drug-likeness (QED) is 0.706. The number of nitrogens with two attached hydrogens (primary N) is 1.